The average Bonchev–Trinajstić information content (AvgIpc) is 2.28. The van der Waals surface area contributed by atoms with Gasteiger partial charge < -0.3 is 9.47 Å². The maximum absolute atomic E-state index is 11.8. The maximum Gasteiger partial charge on any atom is 0.351 e. The monoisotopic (exact) mass is 234 g/mol. The van der Waals surface area contributed by atoms with Crippen LogP contribution in [0.15, 0.2) is 30.3 Å². The lowest BCUT2D eigenvalue weighted by atomic mass is 9.87. The van der Waals surface area contributed by atoms with Gasteiger partial charge >= 0.3 is 11.9 Å². The molecule has 1 heterocycles. The number of rotatable bonds is 4. The number of carbonyl (C=O) groups is 2. The standard InChI is InChI=1S/C13H14O4/c1-2-16-12(15)13(9-11(14)17-13)8-10-6-4-3-5-7-10/h3-7H,2,8-9H2,1H3/t13-/m0/s1. The Kier molecular flexibility index (Phi) is 3.13. The summed E-state index contributed by atoms with van der Waals surface area (Å²) in [5.41, 5.74) is -0.151. The van der Waals surface area contributed by atoms with E-state index in [1.807, 2.05) is 30.3 Å². The van der Waals surface area contributed by atoms with E-state index in [0.29, 0.717) is 6.42 Å². The quantitative estimate of drug-likeness (QED) is 0.740. The van der Waals surface area contributed by atoms with Crippen molar-refractivity contribution >= 4 is 11.9 Å². The first-order valence-electron chi connectivity index (χ1n) is 5.59. The molecule has 1 aliphatic heterocycles. The van der Waals surface area contributed by atoms with Gasteiger partial charge in [-0.2, -0.15) is 0 Å². The van der Waals surface area contributed by atoms with E-state index in [9.17, 15) is 9.59 Å². The Hall–Kier alpha value is -1.84. The molecule has 0 unspecified atom stereocenters. The minimum atomic E-state index is -1.10. The van der Waals surface area contributed by atoms with Gasteiger partial charge in [-0.15, -0.1) is 0 Å². The van der Waals surface area contributed by atoms with Crippen LogP contribution in [-0.4, -0.2) is 24.1 Å². The Bertz CT molecular complexity index is 416. The summed E-state index contributed by atoms with van der Waals surface area (Å²) in [4.78, 5) is 22.8. The summed E-state index contributed by atoms with van der Waals surface area (Å²) in [7, 11) is 0. The third-order valence-corrected chi connectivity index (χ3v) is 2.72. The van der Waals surface area contributed by atoms with E-state index in [-0.39, 0.29) is 19.0 Å². The van der Waals surface area contributed by atoms with Gasteiger partial charge in [-0.3, -0.25) is 4.79 Å². The summed E-state index contributed by atoms with van der Waals surface area (Å²) in [6, 6.07) is 9.46. The van der Waals surface area contributed by atoms with E-state index in [4.69, 9.17) is 9.47 Å². The van der Waals surface area contributed by atoms with Crippen LogP contribution in [-0.2, 0) is 25.5 Å². The van der Waals surface area contributed by atoms with Crippen LogP contribution in [0.1, 0.15) is 18.9 Å². The fourth-order valence-electron chi connectivity index (χ4n) is 1.92. The van der Waals surface area contributed by atoms with Gasteiger partial charge in [0.2, 0.25) is 5.60 Å². The van der Waals surface area contributed by atoms with E-state index < -0.39 is 11.6 Å². The Labute approximate surface area is 99.5 Å². The summed E-state index contributed by atoms with van der Waals surface area (Å²) < 4.78 is 9.99. The fraction of sp³-hybridized carbons (Fsp3) is 0.385. The van der Waals surface area contributed by atoms with Gasteiger partial charge in [0.05, 0.1) is 13.0 Å². The molecule has 0 bridgehead atoms. The molecule has 1 fully saturated rings. The molecule has 90 valence electrons. The van der Waals surface area contributed by atoms with Gasteiger partial charge in [-0.1, -0.05) is 30.3 Å². The molecule has 1 aliphatic rings. The molecule has 4 nitrogen and oxygen atoms in total. The predicted molar refractivity (Wildman–Crippen MR) is 60.2 cm³/mol. The molecule has 0 aliphatic carbocycles. The van der Waals surface area contributed by atoms with Crippen LogP contribution in [0.25, 0.3) is 0 Å². The van der Waals surface area contributed by atoms with Crippen molar-refractivity contribution in [1.82, 2.24) is 0 Å². The molecule has 0 aromatic heterocycles. The van der Waals surface area contributed by atoms with Gasteiger partial charge in [-0.05, 0) is 12.5 Å². The molecule has 2 rings (SSSR count). The minimum absolute atomic E-state index is 0.0979. The molecular weight excluding hydrogens is 220 g/mol. The molecule has 0 saturated carbocycles. The Morgan fingerprint density at radius 1 is 1.41 bits per heavy atom. The lowest BCUT2D eigenvalue weighted by Crippen LogP contribution is -2.56. The highest BCUT2D eigenvalue weighted by Crippen LogP contribution is 2.33. The smallest absolute Gasteiger partial charge is 0.351 e. The van der Waals surface area contributed by atoms with Crippen LogP contribution < -0.4 is 0 Å². The van der Waals surface area contributed by atoms with E-state index in [1.54, 1.807) is 6.92 Å². The Morgan fingerprint density at radius 2 is 2.06 bits per heavy atom. The Morgan fingerprint density at radius 3 is 2.59 bits per heavy atom. The van der Waals surface area contributed by atoms with Crippen molar-refractivity contribution in [2.24, 2.45) is 0 Å². The molecule has 0 amide bonds. The van der Waals surface area contributed by atoms with E-state index in [2.05, 4.69) is 0 Å². The number of hydrogen-bond acceptors (Lipinski definition) is 4. The molecule has 0 N–H and O–H groups in total. The van der Waals surface area contributed by atoms with Crippen molar-refractivity contribution < 1.29 is 19.1 Å². The van der Waals surface area contributed by atoms with Crippen LogP contribution in [0.3, 0.4) is 0 Å². The topological polar surface area (TPSA) is 52.6 Å². The van der Waals surface area contributed by atoms with E-state index >= 15 is 0 Å². The highest BCUT2D eigenvalue weighted by molar-refractivity contribution is 5.93. The zero-order valence-corrected chi connectivity index (χ0v) is 9.64. The van der Waals surface area contributed by atoms with E-state index in [0.717, 1.165) is 5.56 Å². The number of hydrogen-bond donors (Lipinski definition) is 0. The molecular formula is C13H14O4. The molecule has 1 saturated heterocycles. The van der Waals surface area contributed by atoms with Crippen LogP contribution in [0, 0.1) is 0 Å². The third kappa shape index (κ3) is 2.30. The van der Waals surface area contributed by atoms with Crippen molar-refractivity contribution in [3.8, 4) is 0 Å². The average molecular weight is 234 g/mol. The second-order valence-corrected chi connectivity index (χ2v) is 4.03. The van der Waals surface area contributed by atoms with Crippen molar-refractivity contribution in [2.45, 2.75) is 25.4 Å². The summed E-state index contributed by atoms with van der Waals surface area (Å²) in [6.07, 6.45) is 0.471. The van der Waals surface area contributed by atoms with Crippen molar-refractivity contribution in [3.63, 3.8) is 0 Å². The second kappa shape index (κ2) is 4.57. The first kappa shape index (κ1) is 11.6. The zero-order valence-electron chi connectivity index (χ0n) is 9.64. The first-order valence-corrected chi connectivity index (χ1v) is 5.59. The molecule has 17 heavy (non-hydrogen) atoms. The van der Waals surface area contributed by atoms with Gasteiger partial charge in [0.25, 0.3) is 0 Å². The lowest BCUT2D eigenvalue weighted by molar-refractivity contribution is -0.207. The van der Waals surface area contributed by atoms with Crippen LogP contribution in [0.2, 0.25) is 0 Å². The zero-order chi connectivity index (χ0) is 12.3. The van der Waals surface area contributed by atoms with Gasteiger partial charge in [0, 0.05) is 6.42 Å². The molecule has 1 aromatic rings. The number of ether oxygens (including phenoxy) is 2. The van der Waals surface area contributed by atoms with Gasteiger partial charge in [0.1, 0.15) is 0 Å². The lowest BCUT2D eigenvalue weighted by Gasteiger charge is -2.37. The predicted octanol–water partition coefficient (Wildman–Crippen LogP) is 1.48. The molecule has 4 heteroatoms. The summed E-state index contributed by atoms with van der Waals surface area (Å²) in [5, 5.41) is 0. The SMILES string of the molecule is CCOC(=O)[C@]1(Cc2ccccc2)CC(=O)O1. The normalized spacial score (nSPS) is 22.5. The van der Waals surface area contributed by atoms with Crippen LogP contribution in [0.5, 0.6) is 0 Å². The second-order valence-electron chi connectivity index (χ2n) is 4.03. The third-order valence-electron chi connectivity index (χ3n) is 2.72. The van der Waals surface area contributed by atoms with Crippen LogP contribution in [0.4, 0.5) is 0 Å². The highest BCUT2D eigenvalue weighted by Gasteiger charge is 2.53. The van der Waals surface area contributed by atoms with Crippen molar-refractivity contribution in [1.29, 1.82) is 0 Å². The van der Waals surface area contributed by atoms with Crippen molar-refractivity contribution in [3.05, 3.63) is 35.9 Å². The number of benzene rings is 1. The van der Waals surface area contributed by atoms with Gasteiger partial charge in [-0.25, -0.2) is 4.79 Å². The van der Waals surface area contributed by atoms with Crippen molar-refractivity contribution in [2.75, 3.05) is 6.61 Å². The molecule has 1 aromatic carbocycles. The summed E-state index contributed by atoms with van der Waals surface area (Å²) >= 11 is 0. The number of carbonyl (C=O) groups excluding carboxylic acids is 2. The fourth-order valence-corrected chi connectivity index (χ4v) is 1.92. The maximum atomic E-state index is 11.8. The summed E-state index contributed by atoms with van der Waals surface area (Å²) in [6.45, 7) is 2.02. The number of esters is 2. The highest BCUT2D eigenvalue weighted by atomic mass is 16.6. The molecule has 1 atom stereocenters. The Balaban J connectivity index is 2.13. The van der Waals surface area contributed by atoms with Crippen LogP contribution >= 0.6 is 0 Å². The summed E-state index contributed by atoms with van der Waals surface area (Å²) in [5.74, 6) is -0.808. The van der Waals surface area contributed by atoms with E-state index in [1.165, 1.54) is 0 Å². The number of cyclic esters (lactones) is 1. The first-order chi connectivity index (χ1) is 8.16. The molecule has 0 radical (unpaired) electrons. The largest absolute Gasteiger partial charge is 0.463 e. The minimum Gasteiger partial charge on any atom is -0.463 e. The molecule has 0 spiro atoms. The van der Waals surface area contributed by atoms with Gasteiger partial charge in [0.15, 0.2) is 0 Å².